The summed E-state index contributed by atoms with van der Waals surface area (Å²) in [5.41, 5.74) is 4.42. The lowest BCUT2D eigenvalue weighted by Gasteiger charge is -2.21. The molecule has 0 atom stereocenters. The smallest absolute Gasteiger partial charge is 0.259 e. The number of hydrogen-bond donors (Lipinski definition) is 1. The van der Waals surface area contributed by atoms with Crippen LogP contribution in [0.2, 0.25) is 0 Å². The normalized spacial score (nSPS) is 11.2. The minimum Gasteiger partial charge on any atom is -0.496 e. The lowest BCUT2D eigenvalue weighted by molar-refractivity contribution is 0.102. The van der Waals surface area contributed by atoms with Crippen LogP contribution in [0, 0.1) is 6.92 Å². The van der Waals surface area contributed by atoms with E-state index < -0.39 is 0 Å². The SMILES string of the molecule is CCc1nccc(-c2cccnc2Oc2cc(NC(=O)c3cc(C(C)(C)C)ccc3OC)ccc2C)n1. The van der Waals surface area contributed by atoms with E-state index in [2.05, 4.69) is 41.0 Å². The number of anilines is 1. The Morgan fingerprint density at radius 1 is 0.973 bits per heavy atom. The summed E-state index contributed by atoms with van der Waals surface area (Å²) in [6, 6.07) is 16.8. The standard InChI is InChI=1S/C30H32N4O3/c1-7-27-31-16-14-24(34-27)22-9-8-15-32-29(22)37-26-18-21(12-10-19(26)2)33-28(35)23-17-20(30(3,4)5)11-13-25(23)36-6/h8-18H,7H2,1-6H3,(H,33,35). The maximum atomic E-state index is 13.3. The number of nitrogens with zero attached hydrogens (tertiary/aromatic N) is 3. The Balaban J connectivity index is 1.63. The summed E-state index contributed by atoms with van der Waals surface area (Å²) >= 11 is 0. The Kier molecular flexibility index (Phi) is 7.53. The van der Waals surface area contributed by atoms with Gasteiger partial charge >= 0.3 is 0 Å². The van der Waals surface area contributed by atoms with E-state index in [9.17, 15) is 4.79 Å². The first-order valence-corrected chi connectivity index (χ1v) is 12.2. The molecule has 7 heteroatoms. The van der Waals surface area contributed by atoms with Crippen LogP contribution in [0.5, 0.6) is 17.4 Å². The van der Waals surface area contributed by atoms with E-state index in [1.165, 1.54) is 0 Å². The van der Waals surface area contributed by atoms with Crippen LogP contribution in [0.1, 0.15) is 55.0 Å². The molecule has 0 saturated carbocycles. The van der Waals surface area contributed by atoms with Gasteiger partial charge in [-0.2, -0.15) is 0 Å². The Hall–Kier alpha value is -4.26. The zero-order valence-electron chi connectivity index (χ0n) is 22.1. The van der Waals surface area contributed by atoms with Gasteiger partial charge < -0.3 is 14.8 Å². The summed E-state index contributed by atoms with van der Waals surface area (Å²) in [5.74, 6) is 2.01. The minimum absolute atomic E-state index is 0.103. The van der Waals surface area contributed by atoms with Gasteiger partial charge in [-0.1, -0.05) is 39.8 Å². The molecule has 0 aliphatic carbocycles. The van der Waals surface area contributed by atoms with Crippen LogP contribution in [0.3, 0.4) is 0 Å². The summed E-state index contributed by atoms with van der Waals surface area (Å²) < 4.78 is 11.7. The zero-order valence-corrected chi connectivity index (χ0v) is 22.1. The molecule has 4 aromatic rings. The molecule has 0 radical (unpaired) electrons. The Bertz CT molecular complexity index is 1430. The minimum atomic E-state index is -0.260. The van der Waals surface area contributed by atoms with Gasteiger partial charge in [-0.3, -0.25) is 4.79 Å². The third kappa shape index (κ3) is 5.94. The third-order valence-electron chi connectivity index (χ3n) is 6.03. The molecule has 2 aromatic heterocycles. The molecule has 0 fully saturated rings. The number of ether oxygens (including phenoxy) is 2. The first kappa shape index (κ1) is 25.8. The number of carbonyl (C=O) groups is 1. The molecule has 2 aromatic carbocycles. The van der Waals surface area contributed by atoms with Crippen molar-refractivity contribution in [1.29, 1.82) is 0 Å². The average Bonchev–Trinajstić information content (AvgIpc) is 2.90. The molecule has 190 valence electrons. The largest absolute Gasteiger partial charge is 0.496 e. The quantitative estimate of drug-likeness (QED) is 0.304. The lowest BCUT2D eigenvalue weighted by atomic mass is 9.86. The number of carbonyl (C=O) groups excluding carboxylic acids is 1. The molecule has 7 nitrogen and oxygen atoms in total. The number of benzene rings is 2. The number of methoxy groups -OCH3 is 1. The van der Waals surface area contributed by atoms with Crippen LogP contribution in [-0.4, -0.2) is 28.0 Å². The number of aromatic nitrogens is 3. The Labute approximate surface area is 217 Å². The molecule has 4 rings (SSSR count). The molecule has 2 heterocycles. The second-order valence-corrected chi connectivity index (χ2v) is 9.77. The fourth-order valence-corrected chi connectivity index (χ4v) is 3.83. The van der Waals surface area contributed by atoms with E-state index in [1.807, 2.05) is 62.4 Å². The summed E-state index contributed by atoms with van der Waals surface area (Å²) in [6.07, 6.45) is 4.15. The van der Waals surface area contributed by atoms with Crippen molar-refractivity contribution in [3.63, 3.8) is 0 Å². The fourth-order valence-electron chi connectivity index (χ4n) is 3.83. The fraction of sp³-hybridized carbons (Fsp3) is 0.267. The monoisotopic (exact) mass is 496 g/mol. The van der Waals surface area contributed by atoms with E-state index in [1.54, 1.807) is 25.6 Å². The summed E-state index contributed by atoms with van der Waals surface area (Å²) in [4.78, 5) is 26.6. The van der Waals surface area contributed by atoms with E-state index in [4.69, 9.17) is 9.47 Å². The second-order valence-electron chi connectivity index (χ2n) is 9.77. The maximum Gasteiger partial charge on any atom is 0.259 e. The van der Waals surface area contributed by atoms with Crippen LogP contribution in [-0.2, 0) is 11.8 Å². The van der Waals surface area contributed by atoms with Crippen LogP contribution in [0.4, 0.5) is 5.69 Å². The van der Waals surface area contributed by atoms with Crippen molar-refractivity contribution >= 4 is 11.6 Å². The van der Waals surface area contributed by atoms with Gasteiger partial charge in [0.15, 0.2) is 0 Å². The summed E-state index contributed by atoms with van der Waals surface area (Å²) in [6.45, 7) is 10.3. The van der Waals surface area contributed by atoms with Gasteiger partial charge in [-0.15, -0.1) is 0 Å². The van der Waals surface area contributed by atoms with Crippen LogP contribution >= 0.6 is 0 Å². The number of amides is 1. The van der Waals surface area contributed by atoms with Gasteiger partial charge in [0.05, 0.1) is 23.9 Å². The number of aryl methyl sites for hydroxylation is 2. The lowest BCUT2D eigenvalue weighted by Crippen LogP contribution is -2.17. The van der Waals surface area contributed by atoms with Crippen molar-refractivity contribution in [2.24, 2.45) is 0 Å². The number of hydrogen-bond acceptors (Lipinski definition) is 6. The predicted octanol–water partition coefficient (Wildman–Crippen LogP) is 6.76. The molecular weight excluding hydrogens is 464 g/mol. The first-order chi connectivity index (χ1) is 17.7. The van der Waals surface area contributed by atoms with Crippen molar-refractivity contribution in [1.82, 2.24) is 15.0 Å². The topological polar surface area (TPSA) is 86.2 Å². The zero-order chi connectivity index (χ0) is 26.6. The summed E-state index contributed by atoms with van der Waals surface area (Å²) in [7, 11) is 1.56. The second kappa shape index (κ2) is 10.8. The molecule has 0 spiro atoms. The molecule has 37 heavy (non-hydrogen) atoms. The molecule has 0 aliphatic rings. The van der Waals surface area contributed by atoms with Crippen molar-refractivity contribution < 1.29 is 14.3 Å². The highest BCUT2D eigenvalue weighted by Crippen LogP contribution is 2.34. The number of nitrogens with one attached hydrogen (secondary N) is 1. The highest BCUT2D eigenvalue weighted by molar-refractivity contribution is 6.06. The van der Waals surface area contributed by atoms with Gasteiger partial charge in [-0.05, 0) is 59.9 Å². The molecule has 0 saturated heterocycles. The molecule has 1 N–H and O–H groups in total. The molecule has 0 unspecified atom stereocenters. The van der Waals surface area contributed by atoms with Crippen molar-refractivity contribution in [3.8, 4) is 28.6 Å². The molecular formula is C30H32N4O3. The maximum absolute atomic E-state index is 13.3. The van der Waals surface area contributed by atoms with Gasteiger partial charge in [0.2, 0.25) is 5.88 Å². The van der Waals surface area contributed by atoms with Crippen LogP contribution < -0.4 is 14.8 Å². The van der Waals surface area contributed by atoms with E-state index >= 15 is 0 Å². The van der Waals surface area contributed by atoms with Crippen LogP contribution in [0.15, 0.2) is 67.0 Å². The third-order valence-corrected chi connectivity index (χ3v) is 6.03. The first-order valence-electron chi connectivity index (χ1n) is 12.2. The molecule has 1 amide bonds. The Morgan fingerprint density at radius 3 is 2.51 bits per heavy atom. The number of rotatable bonds is 7. The predicted molar refractivity (Wildman–Crippen MR) is 146 cm³/mol. The Morgan fingerprint density at radius 2 is 1.78 bits per heavy atom. The van der Waals surface area contributed by atoms with Crippen LogP contribution in [0.25, 0.3) is 11.3 Å². The van der Waals surface area contributed by atoms with E-state index in [0.29, 0.717) is 28.6 Å². The number of pyridine rings is 1. The highest BCUT2D eigenvalue weighted by atomic mass is 16.5. The highest BCUT2D eigenvalue weighted by Gasteiger charge is 2.20. The van der Waals surface area contributed by atoms with Crippen molar-refractivity contribution in [2.75, 3.05) is 12.4 Å². The van der Waals surface area contributed by atoms with Gasteiger partial charge in [-0.25, -0.2) is 15.0 Å². The van der Waals surface area contributed by atoms with Gasteiger partial charge in [0, 0.05) is 30.6 Å². The van der Waals surface area contributed by atoms with E-state index in [-0.39, 0.29) is 11.3 Å². The van der Waals surface area contributed by atoms with Crippen molar-refractivity contribution in [3.05, 3.63) is 89.5 Å². The van der Waals surface area contributed by atoms with Gasteiger partial charge in [0.1, 0.15) is 17.3 Å². The summed E-state index contributed by atoms with van der Waals surface area (Å²) in [5, 5.41) is 2.99. The van der Waals surface area contributed by atoms with Gasteiger partial charge in [0.25, 0.3) is 5.91 Å². The molecule has 0 aliphatic heterocycles. The van der Waals surface area contributed by atoms with E-state index in [0.717, 1.165) is 34.6 Å². The molecule has 0 bridgehead atoms. The van der Waals surface area contributed by atoms with Crippen molar-refractivity contribution in [2.45, 2.75) is 46.5 Å². The average molecular weight is 497 g/mol.